The van der Waals surface area contributed by atoms with Crippen LogP contribution in [0, 0.1) is 0 Å². The minimum Gasteiger partial charge on any atom is -0.756 e. The van der Waals surface area contributed by atoms with Crippen molar-refractivity contribution in [2.45, 2.75) is 174 Å². The molecule has 0 amide bonds. The maximum Gasteiger partial charge on any atom is 0.306 e. The molecule has 0 spiro atoms. The maximum atomic E-state index is 12.6. The van der Waals surface area contributed by atoms with Gasteiger partial charge in [-0.05, 0) is 64.2 Å². The molecule has 0 N–H and O–H groups in total. The Labute approximate surface area is 303 Å². The van der Waals surface area contributed by atoms with Crippen LogP contribution in [0.2, 0.25) is 0 Å². The van der Waals surface area contributed by atoms with Crippen molar-refractivity contribution in [3.8, 4) is 0 Å². The summed E-state index contributed by atoms with van der Waals surface area (Å²) in [6, 6.07) is 0. The fraction of sp³-hybridized carbons (Fsp3) is 0.875. The number of hydrogen-bond acceptors (Lipinski definition) is 7. The molecule has 2 unspecified atom stereocenters. The van der Waals surface area contributed by atoms with Crippen LogP contribution in [0.1, 0.15) is 168 Å². The lowest BCUT2D eigenvalue weighted by Crippen LogP contribution is -2.37. The number of unbranched alkanes of at least 4 members (excludes halogenated alkanes) is 19. The second-order valence-corrected chi connectivity index (χ2v) is 16.0. The molecule has 0 aliphatic heterocycles. The molecule has 0 fully saturated rings. The van der Waals surface area contributed by atoms with Crippen molar-refractivity contribution in [1.82, 2.24) is 0 Å². The number of ether oxygens (including phenoxy) is 2. The summed E-state index contributed by atoms with van der Waals surface area (Å²) in [4.78, 5) is 24.9. The maximum absolute atomic E-state index is 12.6. The standard InChI is InChI=1S/C40H78NO7P/c1-6-8-10-12-14-16-18-20-21-22-24-26-28-30-32-35-45-37-39(38-47-49(43,44)46-36-34-41(3,4)5)48-40(42)33-31-29-27-25-23-19-17-15-13-11-9-7-2/h15,17-18,20,39H,6-14,16,19,21-38H2,1-5H3/b17-15-,20-18-. The Morgan fingerprint density at radius 3 is 1.59 bits per heavy atom. The molecule has 0 rings (SSSR count). The van der Waals surface area contributed by atoms with Crippen molar-refractivity contribution in [1.29, 1.82) is 0 Å². The molecule has 9 heteroatoms. The smallest absolute Gasteiger partial charge is 0.306 e. The molecule has 0 heterocycles. The van der Waals surface area contributed by atoms with E-state index in [0.717, 1.165) is 44.9 Å². The summed E-state index contributed by atoms with van der Waals surface area (Å²) in [5, 5.41) is 0. The molecule has 290 valence electrons. The first-order valence-electron chi connectivity index (χ1n) is 20.1. The first-order valence-corrected chi connectivity index (χ1v) is 21.5. The summed E-state index contributed by atoms with van der Waals surface area (Å²) in [6.45, 7) is 5.35. The van der Waals surface area contributed by atoms with Crippen LogP contribution in [-0.2, 0) is 27.9 Å². The van der Waals surface area contributed by atoms with Crippen LogP contribution < -0.4 is 4.89 Å². The van der Waals surface area contributed by atoms with Gasteiger partial charge in [0.05, 0.1) is 34.4 Å². The van der Waals surface area contributed by atoms with E-state index in [9.17, 15) is 14.3 Å². The van der Waals surface area contributed by atoms with Gasteiger partial charge < -0.3 is 27.9 Å². The van der Waals surface area contributed by atoms with Gasteiger partial charge in [0.2, 0.25) is 0 Å². The van der Waals surface area contributed by atoms with Gasteiger partial charge in [0, 0.05) is 13.0 Å². The van der Waals surface area contributed by atoms with E-state index in [1.807, 2.05) is 21.1 Å². The van der Waals surface area contributed by atoms with E-state index in [0.29, 0.717) is 24.1 Å². The summed E-state index contributed by atoms with van der Waals surface area (Å²) < 4.78 is 34.4. The Morgan fingerprint density at radius 1 is 0.612 bits per heavy atom. The van der Waals surface area contributed by atoms with Crippen molar-refractivity contribution in [3.63, 3.8) is 0 Å². The average molecular weight is 716 g/mol. The highest BCUT2D eigenvalue weighted by atomic mass is 31.2. The summed E-state index contributed by atoms with van der Waals surface area (Å²) in [5.41, 5.74) is 0. The summed E-state index contributed by atoms with van der Waals surface area (Å²) >= 11 is 0. The average Bonchev–Trinajstić information content (AvgIpc) is 3.04. The number of carbonyl (C=O) groups is 1. The summed E-state index contributed by atoms with van der Waals surface area (Å²) in [5.74, 6) is -0.347. The fourth-order valence-corrected chi connectivity index (χ4v) is 6.03. The largest absolute Gasteiger partial charge is 0.756 e. The van der Waals surface area contributed by atoms with Crippen molar-refractivity contribution in [2.75, 3.05) is 54.1 Å². The van der Waals surface area contributed by atoms with E-state index in [-0.39, 0.29) is 25.8 Å². The molecule has 0 aliphatic rings. The number of allylic oxidation sites excluding steroid dienone is 4. The van der Waals surface area contributed by atoms with E-state index in [1.54, 1.807) is 0 Å². The highest BCUT2D eigenvalue weighted by Crippen LogP contribution is 2.38. The van der Waals surface area contributed by atoms with Gasteiger partial charge in [0.15, 0.2) is 0 Å². The molecule has 0 aromatic rings. The Bertz CT molecular complexity index is 843. The zero-order valence-electron chi connectivity index (χ0n) is 32.6. The Balaban J connectivity index is 4.29. The molecule has 0 saturated carbocycles. The minimum absolute atomic E-state index is 0.0242. The SMILES string of the molecule is CCCCC/C=C\CCCCCCCC(=O)OC(COCCCCCCCC/C=C\CCCCCCC)COP(=O)([O-])OCC[N+](C)(C)C. The molecular formula is C40H78NO7P. The molecule has 8 nitrogen and oxygen atoms in total. The van der Waals surface area contributed by atoms with Crippen LogP contribution in [0.3, 0.4) is 0 Å². The van der Waals surface area contributed by atoms with Gasteiger partial charge >= 0.3 is 5.97 Å². The molecule has 0 saturated heterocycles. The number of quaternary nitrogens is 1. The lowest BCUT2D eigenvalue weighted by Gasteiger charge is -2.28. The number of phosphoric acid groups is 1. The topological polar surface area (TPSA) is 94.1 Å². The number of hydrogen-bond donors (Lipinski definition) is 0. The van der Waals surface area contributed by atoms with Gasteiger partial charge in [-0.25, -0.2) is 0 Å². The Morgan fingerprint density at radius 2 is 1.06 bits per heavy atom. The van der Waals surface area contributed by atoms with Crippen LogP contribution in [-0.4, -0.2) is 70.7 Å². The summed E-state index contributed by atoms with van der Waals surface area (Å²) in [7, 11) is 1.35. The third-order valence-electron chi connectivity index (χ3n) is 8.48. The molecule has 0 aromatic carbocycles. The highest BCUT2D eigenvalue weighted by Gasteiger charge is 2.20. The number of likely N-dealkylation sites (N-methyl/N-ethyl adjacent to an activating group) is 1. The number of nitrogens with zero attached hydrogens (tertiary/aromatic N) is 1. The van der Waals surface area contributed by atoms with E-state index in [2.05, 4.69) is 38.2 Å². The molecule has 49 heavy (non-hydrogen) atoms. The fourth-order valence-electron chi connectivity index (χ4n) is 5.30. The first kappa shape index (κ1) is 48.0. The van der Waals surface area contributed by atoms with Gasteiger partial charge in [0.1, 0.15) is 19.3 Å². The zero-order valence-corrected chi connectivity index (χ0v) is 33.5. The molecule has 0 bridgehead atoms. The number of carbonyl (C=O) groups excluding carboxylic acids is 1. The van der Waals surface area contributed by atoms with Crippen LogP contribution >= 0.6 is 7.82 Å². The van der Waals surface area contributed by atoms with Crippen LogP contribution in [0.25, 0.3) is 0 Å². The van der Waals surface area contributed by atoms with Gasteiger partial charge in [-0.15, -0.1) is 0 Å². The van der Waals surface area contributed by atoms with E-state index < -0.39 is 13.9 Å². The second-order valence-electron chi connectivity index (χ2n) is 14.6. The van der Waals surface area contributed by atoms with Crippen molar-refractivity contribution >= 4 is 13.8 Å². The lowest BCUT2D eigenvalue weighted by atomic mass is 10.1. The lowest BCUT2D eigenvalue weighted by molar-refractivity contribution is -0.870. The van der Waals surface area contributed by atoms with Crippen LogP contribution in [0.4, 0.5) is 0 Å². The van der Waals surface area contributed by atoms with Crippen molar-refractivity contribution < 1.29 is 37.3 Å². The normalized spacial score (nSPS) is 14.2. The Hall–Kier alpha value is -1.02. The molecule has 0 aliphatic carbocycles. The number of phosphoric ester groups is 1. The van der Waals surface area contributed by atoms with Crippen LogP contribution in [0.5, 0.6) is 0 Å². The number of esters is 1. The number of rotatable bonds is 37. The Kier molecular flexibility index (Phi) is 33.4. The summed E-state index contributed by atoms with van der Waals surface area (Å²) in [6.07, 6.45) is 36.1. The predicted octanol–water partition coefficient (Wildman–Crippen LogP) is 10.6. The van der Waals surface area contributed by atoms with Crippen molar-refractivity contribution in [3.05, 3.63) is 24.3 Å². The predicted molar refractivity (Wildman–Crippen MR) is 204 cm³/mol. The van der Waals surface area contributed by atoms with E-state index >= 15 is 0 Å². The first-order chi connectivity index (χ1) is 23.6. The third kappa shape index (κ3) is 38.1. The minimum atomic E-state index is -4.52. The van der Waals surface area contributed by atoms with Crippen molar-refractivity contribution in [2.24, 2.45) is 0 Å². The third-order valence-corrected chi connectivity index (χ3v) is 9.44. The highest BCUT2D eigenvalue weighted by molar-refractivity contribution is 7.45. The monoisotopic (exact) mass is 716 g/mol. The van der Waals surface area contributed by atoms with E-state index in [1.165, 1.54) is 103 Å². The van der Waals surface area contributed by atoms with Gasteiger partial charge in [-0.1, -0.05) is 122 Å². The molecule has 0 radical (unpaired) electrons. The second kappa shape index (κ2) is 34.1. The van der Waals surface area contributed by atoms with Crippen LogP contribution in [0.15, 0.2) is 24.3 Å². The van der Waals surface area contributed by atoms with Gasteiger partial charge in [0.25, 0.3) is 7.82 Å². The van der Waals surface area contributed by atoms with Gasteiger partial charge in [-0.3, -0.25) is 9.36 Å². The quantitative estimate of drug-likeness (QED) is 0.0208. The molecule has 0 aromatic heterocycles. The van der Waals surface area contributed by atoms with E-state index in [4.69, 9.17) is 18.5 Å². The zero-order chi connectivity index (χ0) is 36.3. The molecule has 2 atom stereocenters. The van der Waals surface area contributed by atoms with Gasteiger partial charge in [-0.2, -0.15) is 0 Å². The molecular weight excluding hydrogens is 637 g/mol.